The van der Waals surface area contributed by atoms with Gasteiger partial charge in [-0.2, -0.15) is 0 Å². The van der Waals surface area contributed by atoms with Gasteiger partial charge in [0.15, 0.2) is 0 Å². The molecule has 1 aliphatic heterocycles. The van der Waals surface area contributed by atoms with Gasteiger partial charge in [-0.3, -0.25) is 9.69 Å². The molecule has 20 heavy (non-hydrogen) atoms. The Labute approximate surface area is 119 Å². The van der Waals surface area contributed by atoms with E-state index in [1.807, 2.05) is 6.92 Å². The molecule has 1 amide bonds. The zero-order valence-electron chi connectivity index (χ0n) is 11.9. The number of carbonyl (C=O) groups excluding carboxylic acids is 1. The number of amides is 1. The van der Waals surface area contributed by atoms with Gasteiger partial charge in [-0.15, -0.1) is 0 Å². The Morgan fingerprint density at radius 2 is 2.10 bits per heavy atom. The van der Waals surface area contributed by atoms with Crippen molar-refractivity contribution in [3.8, 4) is 0 Å². The van der Waals surface area contributed by atoms with Crippen LogP contribution >= 0.6 is 0 Å². The van der Waals surface area contributed by atoms with E-state index in [1.54, 1.807) is 12.1 Å². The third kappa shape index (κ3) is 4.58. The summed E-state index contributed by atoms with van der Waals surface area (Å²) >= 11 is 0. The van der Waals surface area contributed by atoms with Gasteiger partial charge in [0.2, 0.25) is 5.91 Å². The maximum atomic E-state index is 12.9. The molecule has 1 unspecified atom stereocenters. The Kier molecular flexibility index (Phi) is 5.49. The van der Waals surface area contributed by atoms with Gasteiger partial charge in [0.25, 0.3) is 0 Å². The molecule has 0 aliphatic carbocycles. The van der Waals surface area contributed by atoms with Crippen molar-refractivity contribution < 1.29 is 9.18 Å². The Bertz CT molecular complexity index is 427. The van der Waals surface area contributed by atoms with E-state index in [0.717, 1.165) is 38.2 Å². The first-order valence-corrected chi connectivity index (χ1v) is 7.13. The van der Waals surface area contributed by atoms with E-state index in [-0.39, 0.29) is 17.8 Å². The standard InChI is InChI=1S/C15H22FN3O/c1-12(13-3-5-14(16)6-4-13)18-15(20)11-19-9-2-7-17-8-10-19/h3-6,12,17H,2,7-11H2,1H3,(H,18,20). The minimum Gasteiger partial charge on any atom is -0.348 e. The Hall–Kier alpha value is -1.46. The summed E-state index contributed by atoms with van der Waals surface area (Å²) in [7, 11) is 0. The number of rotatable bonds is 4. The van der Waals surface area contributed by atoms with E-state index in [2.05, 4.69) is 15.5 Å². The predicted octanol–water partition coefficient (Wildman–Crippen LogP) is 1.30. The van der Waals surface area contributed by atoms with Crippen LogP contribution in [-0.4, -0.2) is 43.5 Å². The highest BCUT2D eigenvalue weighted by atomic mass is 19.1. The monoisotopic (exact) mass is 279 g/mol. The van der Waals surface area contributed by atoms with Crippen LogP contribution < -0.4 is 10.6 Å². The van der Waals surface area contributed by atoms with Gasteiger partial charge in [0.1, 0.15) is 5.82 Å². The van der Waals surface area contributed by atoms with Crippen LogP contribution in [0.15, 0.2) is 24.3 Å². The molecular weight excluding hydrogens is 257 g/mol. The molecule has 0 radical (unpaired) electrons. The largest absolute Gasteiger partial charge is 0.348 e. The van der Waals surface area contributed by atoms with Crippen molar-refractivity contribution in [2.24, 2.45) is 0 Å². The molecule has 1 fully saturated rings. The highest BCUT2D eigenvalue weighted by Crippen LogP contribution is 2.12. The van der Waals surface area contributed by atoms with Gasteiger partial charge in [0.05, 0.1) is 12.6 Å². The van der Waals surface area contributed by atoms with Gasteiger partial charge in [0, 0.05) is 13.1 Å². The quantitative estimate of drug-likeness (QED) is 0.873. The molecule has 0 saturated carbocycles. The summed E-state index contributed by atoms with van der Waals surface area (Å²) in [5.74, 6) is -0.243. The van der Waals surface area contributed by atoms with Crippen molar-refractivity contribution in [3.05, 3.63) is 35.6 Å². The summed E-state index contributed by atoms with van der Waals surface area (Å²) < 4.78 is 12.9. The zero-order valence-corrected chi connectivity index (χ0v) is 11.9. The average molecular weight is 279 g/mol. The molecule has 1 heterocycles. The first kappa shape index (κ1) is 14.9. The lowest BCUT2D eigenvalue weighted by Gasteiger charge is -2.21. The fourth-order valence-electron chi connectivity index (χ4n) is 2.38. The van der Waals surface area contributed by atoms with Crippen molar-refractivity contribution >= 4 is 5.91 Å². The second-order valence-electron chi connectivity index (χ2n) is 5.22. The Balaban J connectivity index is 1.82. The van der Waals surface area contributed by atoms with Crippen molar-refractivity contribution in [3.63, 3.8) is 0 Å². The molecule has 1 aromatic carbocycles. The Morgan fingerprint density at radius 1 is 1.35 bits per heavy atom. The molecule has 0 aromatic heterocycles. The van der Waals surface area contributed by atoms with Crippen LogP contribution in [0.2, 0.25) is 0 Å². The third-order valence-electron chi connectivity index (χ3n) is 3.55. The maximum absolute atomic E-state index is 12.9. The minimum atomic E-state index is -0.260. The van der Waals surface area contributed by atoms with E-state index in [0.29, 0.717) is 6.54 Å². The SMILES string of the molecule is CC(NC(=O)CN1CCCNCC1)c1ccc(F)cc1. The van der Waals surface area contributed by atoms with Gasteiger partial charge in [-0.05, 0) is 44.1 Å². The molecule has 5 heteroatoms. The van der Waals surface area contributed by atoms with Crippen LogP contribution in [0.25, 0.3) is 0 Å². The van der Waals surface area contributed by atoms with E-state index < -0.39 is 0 Å². The topological polar surface area (TPSA) is 44.4 Å². The molecule has 1 saturated heterocycles. The second kappa shape index (κ2) is 7.36. The lowest BCUT2D eigenvalue weighted by molar-refractivity contribution is -0.122. The number of nitrogens with zero attached hydrogens (tertiary/aromatic N) is 1. The molecule has 110 valence electrons. The third-order valence-corrected chi connectivity index (χ3v) is 3.55. The van der Waals surface area contributed by atoms with Gasteiger partial charge in [-0.25, -0.2) is 4.39 Å². The molecule has 1 atom stereocenters. The number of hydrogen-bond donors (Lipinski definition) is 2. The maximum Gasteiger partial charge on any atom is 0.234 e. The summed E-state index contributed by atoms with van der Waals surface area (Å²) in [6, 6.07) is 6.14. The van der Waals surface area contributed by atoms with Crippen LogP contribution in [0.1, 0.15) is 24.9 Å². The van der Waals surface area contributed by atoms with Crippen molar-refractivity contribution in [2.75, 3.05) is 32.7 Å². The lowest BCUT2D eigenvalue weighted by Crippen LogP contribution is -2.39. The zero-order chi connectivity index (χ0) is 14.4. The summed E-state index contributed by atoms with van der Waals surface area (Å²) in [4.78, 5) is 14.2. The molecule has 4 nitrogen and oxygen atoms in total. The normalized spacial score (nSPS) is 18.3. The molecule has 0 spiro atoms. The van der Waals surface area contributed by atoms with Gasteiger partial charge >= 0.3 is 0 Å². The first-order valence-electron chi connectivity index (χ1n) is 7.13. The van der Waals surface area contributed by atoms with Crippen molar-refractivity contribution in [1.29, 1.82) is 0 Å². The van der Waals surface area contributed by atoms with Crippen LogP contribution in [0.5, 0.6) is 0 Å². The number of carbonyl (C=O) groups is 1. The van der Waals surface area contributed by atoms with Crippen LogP contribution in [-0.2, 0) is 4.79 Å². The van der Waals surface area contributed by atoms with Crippen molar-refractivity contribution in [2.45, 2.75) is 19.4 Å². The average Bonchev–Trinajstić information content (AvgIpc) is 2.68. The number of hydrogen-bond acceptors (Lipinski definition) is 3. The smallest absolute Gasteiger partial charge is 0.234 e. The summed E-state index contributed by atoms with van der Waals surface area (Å²) in [5.41, 5.74) is 0.914. The molecule has 1 aliphatic rings. The van der Waals surface area contributed by atoms with E-state index in [1.165, 1.54) is 12.1 Å². The predicted molar refractivity (Wildman–Crippen MR) is 76.9 cm³/mol. The number of nitrogens with one attached hydrogen (secondary N) is 2. The summed E-state index contributed by atoms with van der Waals surface area (Å²) in [5, 5.41) is 6.27. The number of benzene rings is 1. The number of halogens is 1. The second-order valence-corrected chi connectivity index (χ2v) is 5.22. The fourth-order valence-corrected chi connectivity index (χ4v) is 2.38. The summed E-state index contributed by atoms with van der Waals surface area (Å²) in [6.07, 6.45) is 1.07. The van der Waals surface area contributed by atoms with E-state index in [4.69, 9.17) is 0 Å². The van der Waals surface area contributed by atoms with E-state index >= 15 is 0 Å². The molecule has 2 N–H and O–H groups in total. The molecular formula is C15H22FN3O. The molecule has 0 bridgehead atoms. The van der Waals surface area contributed by atoms with Gasteiger partial charge in [-0.1, -0.05) is 12.1 Å². The van der Waals surface area contributed by atoms with Crippen LogP contribution in [0, 0.1) is 5.82 Å². The van der Waals surface area contributed by atoms with E-state index in [9.17, 15) is 9.18 Å². The van der Waals surface area contributed by atoms with Crippen LogP contribution in [0.4, 0.5) is 4.39 Å². The first-order chi connectivity index (χ1) is 9.65. The Morgan fingerprint density at radius 3 is 2.85 bits per heavy atom. The highest BCUT2D eigenvalue weighted by Gasteiger charge is 2.15. The highest BCUT2D eigenvalue weighted by molar-refractivity contribution is 5.78. The summed E-state index contributed by atoms with van der Waals surface area (Å²) in [6.45, 7) is 6.14. The molecule has 2 rings (SSSR count). The minimum absolute atomic E-state index is 0.0173. The lowest BCUT2D eigenvalue weighted by atomic mass is 10.1. The van der Waals surface area contributed by atoms with Crippen molar-refractivity contribution in [1.82, 2.24) is 15.5 Å². The van der Waals surface area contributed by atoms with Crippen LogP contribution in [0.3, 0.4) is 0 Å². The molecule has 1 aromatic rings. The fraction of sp³-hybridized carbons (Fsp3) is 0.533. The van der Waals surface area contributed by atoms with Gasteiger partial charge < -0.3 is 10.6 Å².